The second-order valence-electron chi connectivity index (χ2n) is 4.61. The maximum atomic E-state index is 11.8. The van der Waals surface area contributed by atoms with Crippen LogP contribution < -0.4 is 5.32 Å². The van der Waals surface area contributed by atoms with Crippen LogP contribution in [0.3, 0.4) is 0 Å². The molecule has 0 aliphatic carbocycles. The van der Waals surface area contributed by atoms with Crippen molar-refractivity contribution in [1.29, 1.82) is 0 Å². The molecule has 1 heterocycles. The van der Waals surface area contributed by atoms with Crippen LogP contribution >= 0.6 is 0 Å². The van der Waals surface area contributed by atoms with Gasteiger partial charge >= 0.3 is 0 Å². The quantitative estimate of drug-likeness (QED) is 0.832. The number of nitrogens with zero attached hydrogens (tertiary/aromatic N) is 1. The van der Waals surface area contributed by atoms with Crippen LogP contribution in [0.25, 0.3) is 0 Å². The molecule has 2 aromatic rings. The molecule has 0 spiro atoms. The smallest absolute Gasteiger partial charge is 0.249 e. The molecular formula is C16H18N2O2. The van der Waals surface area contributed by atoms with Crippen LogP contribution in [0, 0.1) is 0 Å². The van der Waals surface area contributed by atoms with E-state index in [9.17, 15) is 9.90 Å². The molecule has 20 heavy (non-hydrogen) atoms. The normalized spacial score (nSPS) is 11.8. The monoisotopic (exact) mass is 270 g/mol. The zero-order chi connectivity index (χ0) is 14.2. The van der Waals surface area contributed by atoms with Crippen LogP contribution in [-0.4, -0.2) is 28.6 Å². The lowest BCUT2D eigenvalue weighted by molar-refractivity contribution is -0.129. The molecule has 0 saturated carbocycles. The van der Waals surface area contributed by atoms with E-state index in [1.54, 1.807) is 12.4 Å². The number of benzene rings is 1. The summed E-state index contributed by atoms with van der Waals surface area (Å²) in [7, 11) is 0. The van der Waals surface area contributed by atoms with Gasteiger partial charge in [0.2, 0.25) is 5.91 Å². The molecule has 2 N–H and O–H groups in total. The summed E-state index contributed by atoms with van der Waals surface area (Å²) in [6.07, 6.45) is 3.52. The molecule has 0 bridgehead atoms. The van der Waals surface area contributed by atoms with E-state index in [0.29, 0.717) is 19.4 Å². The Morgan fingerprint density at radius 2 is 1.90 bits per heavy atom. The Labute approximate surface area is 118 Å². The summed E-state index contributed by atoms with van der Waals surface area (Å²) >= 11 is 0. The highest BCUT2D eigenvalue weighted by Gasteiger charge is 2.14. The van der Waals surface area contributed by atoms with Crippen LogP contribution in [0.15, 0.2) is 54.9 Å². The molecule has 1 atom stereocenters. The van der Waals surface area contributed by atoms with Gasteiger partial charge in [-0.05, 0) is 23.6 Å². The molecule has 0 aliphatic rings. The average molecular weight is 270 g/mol. The summed E-state index contributed by atoms with van der Waals surface area (Å²) in [5.74, 6) is -0.335. The third kappa shape index (κ3) is 4.48. The van der Waals surface area contributed by atoms with Crippen molar-refractivity contribution in [3.8, 4) is 0 Å². The minimum Gasteiger partial charge on any atom is -0.383 e. The number of aromatic nitrogens is 1. The molecule has 4 nitrogen and oxygen atoms in total. The molecule has 1 aromatic heterocycles. The van der Waals surface area contributed by atoms with Gasteiger partial charge in [0.05, 0.1) is 0 Å². The van der Waals surface area contributed by atoms with Crippen molar-refractivity contribution in [2.24, 2.45) is 0 Å². The van der Waals surface area contributed by atoms with Crippen LogP contribution in [0.1, 0.15) is 11.1 Å². The van der Waals surface area contributed by atoms with Crippen molar-refractivity contribution >= 4 is 5.91 Å². The van der Waals surface area contributed by atoms with E-state index in [0.717, 1.165) is 11.1 Å². The Balaban J connectivity index is 1.74. The van der Waals surface area contributed by atoms with E-state index < -0.39 is 6.10 Å². The summed E-state index contributed by atoms with van der Waals surface area (Å²) in [4.78, 5) is 15.8. The van der Waals surface area contributed by atoms with Crippen molar-refractivity contribution < 1.29 is 9.90 Å². The van der Waals surface area contributed by atoms with E-state index >= 15 is 0 Å². The number of aliphatic hydroxyl groups excluding tert-OH is 1. The zero-order valence-electron chi connectivity index (χ0n) is 11.2. The van der Waals surface area contributed by atoms with Crippen molar-refractivity contribution in [2.45, 2.75) is 18.9 Å². The van der Waals surface area contributed by atoms with Crippen LogP contribution in [0.5, 0.6) is 0 Å². The molecule has 0 saturated heterocycles. The lowest BCUT2D eigenvalue weighted by Gasteiger charge is -2.11. The number of aliphatic hydroxyl groups is 1. The highest BCUT2D eigenvalue weighted by atomic mass is 16.3. The molecule has 2 rings (SSSR count). The van der Waals surface area contributed by atoms with E-state index in [2.05, 4.69) is 10.3 Å². The summed E-state index contributed by atoms with van der Waals surface area (Å²) < 4.78 is 0. The van der Waals surface area contributed by atoms with Gasteiger partial charge in [-0.15, -0.1) is 0 Å². The van der Waals surface area contributed by atoms with E-state index in [1.807, 2.05) is 42.5 Å². The molecule has 1 amide bonds. The molecule has 0 radical (unpaired) electrons. The summed E-state index contributed by atoms with van der Waals surface area (Å²) in [6, 6.07) is 13.3. The SMILES string of the molecule is O=C(NCCc1cccnc1)[C@@H](O)Cc1ccccc1. The molecule has 1 aromatic carbocycles. The highest BCUT2D eigenvalue weighted by molar-refractivity contribution is 5.80. The number of carbonyl (C=O) groups excluding carboxylic acids is 1. The molecule has 0 unspecified atom stereocenters. The second kappa shape index (κ2) is 7.40. The molecule has 4 heteroatoms. The van der Waals surface area contributed by atoms with Gasteiger partial charge in [0.15, 0.2) is 0 Å². The molecule has 0 fully saturated rings. The first-order valence-electron chi connectivity index (χ1n) is 6.64. The van der Waals surface area contributed by atoms with Gasteiger partial charge in [-0.3, -0.25) is 9.78 Å². The fourth-order valence-corrected chi connectivity index (χ4v) is 1.92. The van der Waals surface area contributed by atoms with Gasteiger partial charge in [0.25, 0.3) is 0 Å². The van der Waals surface area contributed by atoms with Gasteiger partial charge in [-0.2, -0.15) is 0 Å². The lowest BCUT2D eigenvalue weighted by atomic mass is 10.1. The standard InChI is InChI=1S/C16H18N2O2/c19-15(11-13-5-2-1-3-6-13)16(20)18-10-8-14-7-4-9-17-12-14/h1-7,9,12,15,19H,8,10-11H2,(H,18,20)/t15-/m0/s1. The van der Waals surface area contributed by atoms with Crippen LogP contribution in [0.4, 0.5) is 0 Å². The van der Waals surface area contributed by atoms with Crippen molar-refractivity contribution in [2.75, 3.05) is 6.54 Å². The zero-order valence-corrected chi connectivity index (χ0v) is 11.2. The van der Waals surface area contributed by atoms with Crippen molar-refractivity contribution in [1.82, 2.24) is 10.3 Å². The van der Waals surface area contributed by atoms with Crippen LogP contribution in [-0.2, 0) is 17.6 Å². The third-order valence-electron chi connectivity index (χ3n) is 3.01. The number of hydrogen-bond donors (Lipinski definition) is 2. The number of nitrogens with one attached hydrogen (secondary N) is 1. The lowest BCUT2D eigenvalue weighted by Crippen LogP contribution is -2.37. The maximum Gasteiger partial charge on any atom is 0.249 e. The number of pyridine rings is 1. The first-order valence-corrected chi connectivity index (χ1v) is 6.64. The first-order chi connectivity index (χ1) is 9.75. The number of hydrogen-bond acceptors (Lipinski definition) is 3. The van der Waals surface area contributed by atoms with Crippen molar-refractivity contribution in [3.05, 3.63) is 66.0 Å². The average Bonchev–Trinajstić information content (AvgIpc) is 2.49. The van der Waals surface area contributed by atoms with Crippen molar-refractivity contribution in [3.63, 3.8) is 0 Å². The van der Waals surface area contributed by atoms with Crippen LogP contribution in [0.2, 0.25) is 0 Å². The Morgan fingerprint density at radius 3 is 2.60 bits per heavy atom. The van der Waals surface area contributed by atoms with E-state index in [4.69, 9.17) is 0 Å². The largest absolute Gasteiger partial charge is 0.383 e. The second-order valence-corrected chi connectivity index (χ2v) is 4.61. The number of amides is 1. The molecular weight excluding hydrogens is 252 g/mol. The Morgan fingerprint density at radius 1 is 1.15 bits per heavy atom. The Bertz CT molecular complexity index is 529. The number of carbonyl (C=O) groups is 1. The molecule has 0 aliphatic heterocycles. The Kier molecular flexibility index (Phi) is 5.26. The Hall–Kier alpha value is -2.20. The molecule has 104 valence electrons. The fourth-order valence-electron chi connectivity index (χ4n) is 1.92. The maximum absolute atomic E-state index is 11.8. The van der Waals surface area contributed by atoms with Gasteiger partial charge in [0.1, 0.15) is 6.10 Å². The first kappa shape index (κ1) is 14.2. The summed E-state index contributed by atoms with van der Waals surface area (Å²) in [6.45, 7) is 0.496. The third-order valence-corrected chi connectivity index (χ3v) is 3.01. The summed E-state index contributed by atoms with van der Waals surface area (Å²) in [5.41, 5.74) is 2.01. The van der Waals surface area contributed by atoms with Gasteiger partial charge in [0, 0.05) is 25.4 Å². The number of rotatable bonds is 6. The fraction of sp³-hybridized carbons (Fsp3) is 0.250. The predicted molar refractivity (Wildman–Crippen MR) is 77.1 cm³/mol. The van der Waals surface area contributed by atoms with E-state index in [-0.39, 0.29) is 5.91 Å². The van der Waals surface area contributed by atoms with Gasteiger partial charge in [-0.25, -0.2) is 0 Å². The van der Waals surface area contributed by atoms with Gasteiger partial charge in [-0.1, -0.05) is 36.4 Å². The highest BCUT2D eigenvalue weighted by Crippen LogP contribution is 2.03. The summed E-state index contributed by atoms with van der Waals surface area (Å²) in [5, 5.41) is 12.6. The minimum absolute atomic E-state index is 0.333. The van der Waals surface area contributed by atoms with Gasteiger partial charge < -0.3 is 10.4 Å². The topological polar surface area (TPSA) is 62.2 Å². The minimum atomic E-state index is -1.01. The predicted octanol–water partition coefficient (Wildman–Crippen LogP) is 1.34. The van der Waals surface area contributed by atoms with E-state index in [1.165, 1.54) is 0 Å².